The van der Waals surface area contributed by atoms with Crippen LogP contribution in [0.15, 0.2) is 0 Å². The van der Waals surface area contributed by atoms with Crippen molar-refractivity contribution in [3.63, 3.8) is 0 Å². The zero-order valence-electron chi connectivity index (χ0n) is 7.70. The van der Waals surface area contributed by atoms with Crippen molar-refractivity contribution in [2.24, 2.45) is 11.5 Å². The fourth-order valence-corrected chi connectivity index (χ4v) is 1.56. The first-order chi connectivity index (χ1) is 5.97. The Labute approximate surface area is 87.1 Å². The van der Waals surface area contributed by atoms with E-state index < -0.39 is 0 Å². The molecule has 1 aromatic heterocycles. The predicted molar refractivity (Wildman–Crippen MR) is 61.6 cm³/mol. The Balaban J connectivity index is 0.000000310. The van der Waals surface area contributed by atoms with Crippen LogP contribution in [-0.4, -0.2) is 10.1 Å². The number of nitrogen functional groups attached to an aromatic ring is 1. The highest BCUT2D eigenvalue weighted by atomic mass is 32.1. The lowest BCUT2D eigenvalue weighted by molar-refractivity contribution is 1.05. The van der Waals surface area contributed by atoms with Crippen molar-refractivity contribution < 1.29 is 0 Å². The van der Waals surface area contributed by atoms with Crippen molar-refractivity contribution in [3.05, 3.63) is 10.6 Å². The molecule has 0 radical (unpaired) electrons. The molecule has 4 nitrogen and oxygen atoms in total. The van der Waals surface area contributed by atoms with E-state index in [9.17, 15) is 0 Å². The minimum Gasteiger partial charge on any atom is -0.377 e. The van der Waals surface area contributed by atoms with Crippen molar-refractivity contribution in [1.82, 2.24) is 4.98 Å². The maximum absolute atomic E-state index is 5.46. The monoisotopic (exact) mass is 218 g/mol. The quantitative estimate of drug-likeness (QED) is 0.606. The molecule has 0 aliphatic heterocycles. The van der Waals surface area contributed by atoms with Crippen molar-refractivity contribution >= 4 is 33.8 Å². The molecule has 6 N–H and O–H groups in total. The number of thiocarbonyl (C=S) groups is 1. The Morgan fingerprint density at radius 1 is 1.54 bits per heavy atom. The van der Waals surface area contributed by atoms with Crippen LogP contribution in [0.3, 0.4) is 0 Å². The molecule has 1 heterocycles. The van der Waals surface area contributed by atoms with Gasteiger partial charge in [0.1, 0.15) is 0 Å². The fraction of sp³-hybridized carbons (Fsp3) is 0.429. The van der Waals surface area contributed by atoms with E-state index in [2.05, 4.69) is 35.6 Å². The highest BCUT2D eigenvalue weighted by Crippen LogP contribution is 2.18. The van der Waals surface area contributed by atoms with E-state index >= 15 is 0 Å². The Kier molecular flexibility index (Phi) is 5.33. The van der Waals surface area contributed by atoms with E-state index in [4.69, 9.17) is 5.73 Å². The topological polar surface area (TPSA) is 90.9 Å². The van der Waals surface area contributed by atoms with E-state index in [1.54, 1.807) is 11.3 Å². The number of anilines is 1. The second-order valence-corrected chi connectivity index (χ2v) is 4.02. The number of hydrogen-bond acceptors (Lipinski definition) is 4. The Morgan fingerprint density at radius 2 is 2.00 bits per heavy atom. The standard InChI is InChI=1S/C6H10N2S.CH4N2S/c1-3-5-4(2)9-6(7)8-5;2-1(3)4/h3H2,1-2H3,(H2,7,8);(H4,2,3,4). The third kappa shape index (κ3) is 5.37. The average molecular weight is 218 g/mol. The van der Waals surface area contributed by atoms with Gasteiger partial charge in [-0.15, -0.1) is 11.3 Å². The van der Waals surface area contributed by atoms with Crippen LogP contribution in [0.5, 0.6) is 0 Å². The fourth-order valence-electron chi connectivity index (χ4n) is 0.778. The first-order valence-electron chi connectivity index (χ1n) is 3.74. The van der Waals surface area contributed by atoms with Crippen LogP contribution < -0.4 is 17.2 Å². The maximum Gasteiger partial charge on any atom is 0.180 e. The van der Waals surface area contributed by atoms with Gasteiger partial charge in [-0.2, -0.15) is 0 Å². The molecule has 0 saturated carbocycles. The van der Waals surface area contributed by atoms with E-state index in [-0.39, 0.29) is 5.11 Å². The molecule has 13 heavy (non-hydrogen) atoms. The van der Waals surface area contributed by atoms with Gasteiger partial charge in [0.05, 0.1) is 5.69 Å². The lowest BCUT2D eigenvalue weighted by Gasteiger charge is -1.85. The van der Waals surface area contributed by atoms with Crippen LogP contribution in [-0.2, 0) is 6.42 Å². The number of aromatic nitrogens is 1. The minimum atomic E-state index is 0.000000000000000222. The SMILES string of the molecule is CCc1nc(N)sc1C.NC(N)=S. The summed E-state index contributed by atoms with van der Waals surface area (Å²) in [6.45, 7) is 4.13. The van der Waals surface area contributed by atoms with Gasteiger partial charge in [0.25, 0.3) is 0 Å². The van der Waals surface area contributed by atoms with Gasteiger partial charge in [0.15, 0.2) is 10.2 Å². The molecule has 0 aliphatic carbocycles. The van der Waals surface area contributed by atoms with E-state index in [1.165, 1.54) is 4.88 Å². The van der Waals surface area contributed by atoms with Crippen molar-refractivity contribution in [1.29, 1.82) is 0 Å². The number of nitrogens with zero attached hydrogens (tertiary/aromatic N) is 1. The largest absolute Gasteiger partial charge is 0.377 e. The highest BCUT2D eigenvalue weighted by Gasteiger charge is 2.00. The van der Waals surface area contributed by atoms with E-state index in [1.807, 2.05) is 6.92 Å². The molecule has 0 spiro atoms. The molecule has 74 valence electrons. The molecule has 0 fully saturated rings. The summed E-state index contributed by atoms with van der Waals surface area (Å²) < 4.78 is 0. The lowest BCUT2D eigenvalue weighted by atomic mass is 10.3. The van der Waals surface area contributed by atoms with Gasteiger partial charge >= 0.3 is 0 Å². The molecule has 0 amide bonds. The summed E-state index contributed by atoms with van der Waals surface area (Å²) in [4.78, 5) is 5.37. The number of thiazole rings is 1. The molecule has 6 heteroatoms. The zero-order chi connectivity index (χ0) is 10.4. The van der Waals surface area contributed by atoms with Crippen LogP contribution in [0.1, 0.15) is 17.5 Å². The van der Waals surface area contributed by atoms with E-state index in [0.717, 1.165) is 12.1 Å². The van der Waals surface area contributed by atoms with Gasteiger partial charge < -0.3 is 17.2 Å². The summed E-state index contributed by atoms with van der Waals surface area (Å²) in [6, 6.07) is 0. The summed E-state index contributed by atoms with van der Waals surface area (Å²) in [7, 11) is 0. The Morgan fingerprint density at radius 3 is 2.15 bits per heavy atom. The summed E-state index contributed by atoms with van der Waals surface area (Å²) in [6.07, 6.45) is 0.986. The summed E-state index contributed by atoms with van der Waals surface area (Å²) in [5.74, 6) is 0. The van der Waals surface area contributed by atoms with Gasteiger partial charge in [-0.3, -0.25) is 0 Å². The molecule has 0 unspecified atom stereocenters. The van der Waals surface area contributed by atoms with Gasteiger partial charge in [-0.05, 0) is 25.6 Å². The molecular formula is C7H14N4S2. The lowest BCUT2D eigenvalue weighted by Crippen LogP contribution is -2.18. The molecule has 0 bridgehead atoms. The van der Waals surface area contributed by atoms with Gasteiger partial charge in [0, 0.05) is 4.88 Å². The second kappa shape index (κ2) is 5.71. The van der Waals surface area contributed by atoms with Gasteiger partial charge in [-0.25, -0.2) is 4.98 Å². The van der Waals surface area contributed by atoms with Gasteiger partial charge in [-0.1, -0.05) is 6.92 Å². The summed E-state index contributed by atoms with van der Waals surface area (Å²) in [5.41, 5.74) is 15.8. The normalized spacial score (nSPS) is 8.77. The summed E-state index contributed by atoms with van der Waals surface area (Å²) in [5, 5.41) is 0.685. The number of hydrogen-bond donors (Lipinski definition) is 3. The molecule has 0 atom stereocenters. The molecule has 0 saturated heterocycles. The van der Waals surface area contributed by atoms with Crippen molar-refractivity contribution in [2.45, 2.75) is 20.3 Å². The van der Waals surface area contributed by atoms with E-state index in [0.29, 0.717) is 5.13 Å². The van der Waals surface area contributed by atoms with Crippen molar-refractivity contribution in [2.75, 3.05) is 5.73 Å². The zero-order valence-corrected chi connectivity index (χ0v) is 9.34. The molecular weight excluding hydrogens is 204 g/mol. The minimum absolute atomic E-state index is 0.000000000000000222. The predicted octanol–water partition coefficient (Wildman–Crippen LogP) is 0.785. The van der Waals surface area contributed by atoms with Crippen LogP contribution >= 0.6 is 23.6 Å². The first kappa shape index (κ1) is 12.1. The van der Waals surface area contributed by atoms with Crippen LogP contribution in [0.4, 0.5) is 5.13 Å². The van der Waals surface area contributed by atoms with Crippen LogP contribution in [0.25, 0.3) is 0 Å². The second-order valence-electron chi connectivity index (χ2n) is 2.31. The number of rotatable bonds is 1. The third-order valence-corrected chi connectivity index (χ3v) is 2.09. The van der Waals surface area contributed by atoms with Crippen molar-refractivity contribution in [3.8, 4) is 0 Å². The van der Waals surface area contributed by atoms with Gasteiger partial charge in [0.2, 0.25) is 0 Å². The molecule has 0 aromatic carbocycles. The number of aryl methyl sites for hydroxylation is 2. The average Bonchev–Trinajstić information content (AvgIpc) is 2.28. The Hall–Kier alpha value is -0.880. The number of nitrogens with two attached hydrogens (primary N) is 3. The molecule has 1 aromatic rings. The maximum atomic E-state index is 5.46. The van der Waals surface area contributed by atoms with Crippen LogP contribution in [0, 0.1) is 6.92 Å². The smallest absolute Gasteiger partial charge is 0.180 e. The molecule has 0 aliphatic rings. The summed E-state index contributed by atoms with van der Waals surface area (Å²) >= 11 is 5.65. The highest BCUT2D eigenvalue weighted by molar-refractivity contribution is 7.80. The van der Waals surface area contributed by atoms with Crippen LogP contribution in [0.2, 0.25) is 0 Å². The third-order valence-electron chi connectivity index (χ3n) is 1.24. The first-order valence-corrected chi connectivity index (χ1v) is 4.96. The Bertz CT molecular complexity index is 278. The molecule has 1 rings (SSSR count).